The topological polar surface area (TPSA) is 88.9 Å². The zero-order chi connectivity index (χ0) is 20.3. The molecule has 3 rings (SSSR count). The van der Waals surface area contributed by atoms with Gasteiger partial charge in [-0.15, -0.1) is 11.8 Å². The van der Waals surface area contributed by atoms with Crippen LogP contribution in [0, 0.1) is 13.8 Å². The minimum absolute atomic E-state index is 0.126. The van der Waals surface area contributed by atoms with Crippen molar-refractivity contribution in [1.29, 1.82) is 0 Å². The number of pyridine rings is 1. The molecule has 0 unspecified atom stereocenters. The van der Waals surface area contributed by atoms with Crippen molar-refractivity contribution < 1.29 is 9.59 Å². The van der Waals surface area contributed by atoms with Crippen molar-refractivity contribution >= 4 is 34.6 Å². The first-order valence-electron chi connectivity index (χ1n) is 8.98. The molecule has 2 amide bonds. The molecule has 8 heteroatoms. The molecule has 0 aliphatic rings. The molecule has 0 spiro atoms. The molecule has 146 valence electrons. The largest absolute Gasteiger partial charge is 0.272 e. The third-order valence-electron chi connectivity index (χ3n) is 4.13. The number of benzene rings is 1. The van der Waals surface area contributed by atoms with Crippen molar-refractivity contribution in [3.63, 3.8) is 0 Å². The summed E-state index contributed by atoms with van der Waals surface area (Å²) >= 11 is 1.41. The second-order valence-electron chi connectivity index (χ2n) is 6.84. The van der Waals surface area contributed by atoms with Crippen LogP contribution < -0.4 is 10.9 Å². The Hall–Kier alpha value is -2.87. The summed E-state index contributed by atoms with van der Waals surface area (Å²) in [6.07, 6.45) is 1.63. The predicted molar refractivity (Wildman–Crippen MR) is 110 cm³/mol. The maximum Gasteiger partial charge on any atom is 0.270 e. The molecule has 7 nitrogen and oxygen atoms in total. The lowest BCUT2D eigenvalue weighted by Gasteiger charge is -2.10. The van der Waals surface area contributed by atoms with E-state index in [0.717, 1.165) is 4.90 Å². The number of carbonyl (C=O) groups excluding carboxylic acids is 2. The number of thioether (sulfide) groups is 1. The van der Waals surface area contributed by atoms with E-state index in [0.29, 0.717) is 22.3 Å². The van der Waals surface area contributed by atoms with Crippen LogP contribution in [0.15, 0.2) is 41.4 Å². The van der Waals surface area contributed by atoms with Gasteiger partial charge in [0.2, 0.25) is 5.91 Å². The molecule has 0 fully saturated rings. The molecule has 0 atom stereocenters. The summed E-state index contributed by atoms with van der Waals surface area (Å²) in [5.41, 5.74) is 7.92. The quantitative estimate of drug-likeness (QED) is 0.510. The van der Waals surface area contributed by atoms with Crippen LogP contribution in [-0.4, -0.2) is 32.3 Å². The van der Waals surface area contributed by atoms with Crippen LogP contribution in [0.4, 0.5) is 0 Å². The first-order chi connectivity index (χ1) is 13.3. The monoisotopic (exact) mass is 397 g/mol. The Morgan fingerprint density at radius 1 is 1.14 bits per heavy atom. The summed E-state index contributed by atoms with van der Waals surface area (Å²) in [5.74, 6) is -0.467. The average Bonchev–Trinajstić information content (AvgIpc) is 3.08. The summed E-state index contributed by atoms with van der Waals surface area (Å²) < 4.78 is 1.77. The lowest BCUT2D eigenvalue weighted by molar-refractivity contribution is -0.119. The summed E-state index contributed by atoms with van der Waals surface area (Å²) in [6.45, 7) is 7.84. The fraction of sp³-hybridized carbons (Fsp3) is 0.300. The molecular formula is C20H23N5O2S. The van der Waals surface area contributed by atoms with E-state index in [1.165, 1.54) is 17.3 Å². The van der Waals surface area contributed by atoms with Crippen LogP contribution in [0.25, 0.3) is 11.0 Å². The standard InChI is InChI=1S/C20H23N5O2S/c1-12(2)25-19-17(10-21-25)16(9-14(4)22-19)20(27)24-23-18(26)11-28-15-7-5-13(3)6-8-15/h5-10,12H,11H2,1-4H3,(H,23,26)(H,24,27). The van der Waals surface area contributed by atoms with Gasteiger partial charge in [-0.25, -0.2) is 9.67 Å². The third-order valence-corrected chi connectivity index (χ3v) is 5.15. The third kappa shape index (κ3) is 4.51. The highest BCUT2D eigenvalue weighted by Crippen LogP contribution is 2.21. The molecule has 0 saturated heterocycles. The van der Waals surface area contributed by atoms with Crippen molar-refractivity contribution in [1.82, 2.24) is 25.6 Å². The second kappa shape index (κ2) is 8.43. The Kier molecular flexibility index (Phi) is 5.99. The van der Waals surface area contributed by atoms with Gasteiger partial charge in [0, 0.05) is 16.6 Å². The minimum atomic E-state index is -0.396. The van der Waals surface area contributed by atoms with E-state index < -0.39 is 5.91 Å². The zero-order valence-electron chi connectivity index (χ0n) is 16.3. The van der Waals surface area contributed by atoms with E-state index in [2.05, 4.69) is 20.9 Å². The molecule has 0 aliphatic carbocycles. The molecule has 3 aromatic rings. The Morgan fingerprint density at radius 3 is 2.54 bits per heavy atom. The number of hydrogen-bond acceptors (Lipinski definition) is 5. The lowest BCUT2D eigenvalue weighted by Crippen LogP contribution is -2.42. The number of aryl methyl sites for hydroxylation is 2. The number of nitrogens with zero attached hydrogens (tertiary/aromatic N) is 3. The number of amides is 2. The van der Waals surface area contributed by atoms with Gasteiger partial charge in [-0.1, -0.05) is 17.7 Å². The minimum Gasteiger partial charge on any atom is -0.272 e. The average molecular weight is 398 g/mol. The van der Waals surface area contributed by atoms with Gasteiger partial charge in [0.25, 0.3) is 5.91 Å². The van der Waals surface area contributed by atoms with E-state index in [9.17, 15) is 9.59 Å². The van der Waals surface area contributed by atoms with Crippen LogP contribution in [0.5, 0.6) is 0 Å². The molecule has 28 heavy (non-hydrogen) atoms. The van der Waals surface area contributed by atoms with Crippen molar-refractivity contribution in [2.75, 3.05) is 5.75 Å². The highest BCUT2D eigenvalue weighted by Gasteiger charge is 2.17. The second-order valence-corrected chi connectivity index (χ2v) is 7.88. The van der Waals surface area contributed by atoms with Crippen LogP contribution in [-0.2, 0) is 4.79 Å². The van der Waals surface area contributed by atoms with Crippen LogP contribution in [0.1, 0.15) is 41.5 Å². The summed E-state index contributed by atoms with van der Waals surface area (Å²) in [4.78, 5) is 30.2. The van der Waals surface area contributed by atoms with Crippen molar-refractivity contribution in [2.24, 2.45) is 0 Å². The Balaban J connectivity index is 1.64. The number of rotatable bonds is 5. The summed E-state index contributed by atoms with van der Waals surface area (Å²) in [6, 6.07) is 9.74. The normalized spacial score (nSPS) is 11.0. The highest BCUT2D eigenvalue weighted by atomic mass is 32.2. The van der Waals surface area contributed by atoms with Gasteiger partial charge in [-0.05, 0) is 45.9 Å². The Bertz CT molecular complexity index is 1010. The van der Waals surface area contributed by atoms with Crippen LogP contribution in [0.2, 0.25) is 0 Å². The maximum absolute atomic E-state index is 12.6. The molecular weight excluding hydrogens is 374 g/mol. The predicted octanol–water partition coefficient (Wildman–Crippen LogP) is 3.18. The van der Waals surface area contributed by atoms with Crippen molar-refractivity contribution in [3.8, 4) is 0 Å². The first-order valence-corrected chi connectivity index (χ1v) is 9.97. The molecule has 1 aromatic carbocycles. The number of nitrogens with one attached hydrogen (secondary N) is 2. The molecule has 0 aliphatic heterocycles. The van der Waals surface area contributed by atoms with E-state index in [1.807, 2.05) is 52.0 Å². The highest BCUT2D eigenvalue weighted by molar-refractivity contribution is 8.00. The number of hydrogen-bond donors (Lipinski definition) is 2. The summed E-state index contributed by atoms with van der Waals surface area (Å²) in [5, 5.41) is 4.98. The number of carbonyl (C=O) groups is 2. The van der Waals surface area contributed by atoms with Gasteiger partial charge in [0.15, 0.2) is 5.65 Å². The molecule has 0 bridgehead atoms. The molecule has 0 saturated carbocycles. The fourth-order valence-corrected chi connectivity index (χ4v) is 3.42. The van der Waals surface area contributed by atoms with Gasteiger partial charge in [0.05, 0.1) is 22.9 Å². The molecule has 2 heterocycles. The Labute approximate surface area is 167 Å². The fourth-order valence-electron chi connectivity index (χ4n) is 2.72. The smallest absolute Gasteiger partial charge is 0.270 e. The molecule has 2 N–H and O–H groups in total. The number of fused-ring (bicyclic) bond motifs is 1. The van der Waals surface area contributed by atoms with Gasteiger partial charge in [-0.2, -0.15) is 5.10 Å². The van der Waals surface area contributed by atoms with Crippen molar-refractivity contribution in [2.45, 2.75) is 38.6 Å². The van der Waals surface area contributed by atoms with E-state index in [4.69, 9.17) is 0 Å². The zero-order valence-corrected chi connectivity index (χ0v) is 17.1. The SMILES string of the molecule is Cc1ccc(SCC(=O)NNC(=O)c2cc(C)nc3c2cnn3C(C)C)cc1. The van der Waals surface area contributed by atoms with Gasteiger partial charge < -0.3 is 0 Å². The van der Waals surface area contributed by atoms with Gasteiger partial charge in [0.1, 0.15) is 0 Å². The summed E-state index contributed by atoms with van der Waals surface area (Å²) in [7, 11) is 0. The molecule has 0 radical (unpaired) electrons. The maximum atomic E-state index is 12.6. The van der Waals surface area contributed by atoms with Gasteiger partial charge in [-0.3, -0.25) is 20.4 Å². The first kappa shape index (κ1) is 19.9. The molecule has 2 aromatic heterocycles. The van der Waals surface area contributed by atoms with Crippen LogP contribution in [0.3, 0.4) is 0 Å². The van der Waals surface area contributed by atoms with E-state index in [1.54, 1.807) is 16.9 Å². The number of aromatic nitrogens is 3. The van der Waals surface area contributed by atoms with E-state index >= 15 is 0 Å². The van der Waals surface area contributed by atoms with Gasteiger partial charge >= 0.3 is 0 Å². The van der Waals surface area contributed by atoms with Crippen LogP contribution >= 0.6 is 11.8 Å². The Morgan fingerprint density at radius 2 is 1.86 bits per heavy atom. The van der Waals surface area contributed by atoms with Crippen molar-refractivity contribution in [3.05, 3.63) is 53.3 Å². The van der Waals surface area contributed by atoms with E-state index in [-0.39, 0.29) is 17.7 Å². The number of hydrazine groups is 1. The lowest BCUT2D eigenvalue weighted by atomic mass is 10.1.